The molecular weight excluding hydrogens is 845 g/mol. The minimum absolute atomic E-state index is 0.0950. The monoisotopic (exact) mass is 901 g/mol. The third-order valence-corrected chi connectivity index (χ3v) is 14.8. The number of nitrogens with one attached hydrogen (secondary N) is 1. The molecule has 3 aromatic carbocycles. The van der Waals surface area contributed by atoms with Gasteiger partial charge >= 0.3 is 6.03 Å². The fraction of sp³-hybridized carbons (Fsp3) is 0.460. The standard InChI is InChI=1S/C50H57F2N9O5/c1-30-25-37(31(2)24-36(30)43-28-59(22-23-66-43)41-26-39(55-56-47(41)53)35-8-3-4-9-42(35)62)48(64)58-20-15-50(52,16-21-58)29-57-17-12-32(13-18-57)38-27-61(33-6-5-7-33)46-34(38)10-11-40(45(46)51)60-19-14-44(63)54-49(60)65/h3-4,8-11,24-27,32-33,43,62H,5-7,12-23,28-29H2,1-2H3,(H2,53,56)(H,54,63,65)/t43-/m0/s1. The Balaban J connectivity index is 0.760. The Hall–Kier alpha value is -6.13. The van der Waals surface area contributed by atoms with Crippen LogP contribution < -0.4 is 20.9 Å². The van der Waals surface area contributed by atoms with Gasteiger partial charge in [0.05, 0.1) is 29.2 Å². The number of ether oxygens (including phenoxy) is 1. The molecular formula is C50H57F2N9O5. The summed E-state index contributed by atoms with van der Waals surface area (Å²) in [5, 5.41) is 22.0. The zero-order valence-electron chi connectivity index (χ0n) is 37.6. The lowest BCUT2D eigenvalue weighted by molar-refractivity contribution is -0.120. The van der Waals surface area contributed by atoms with Gasteiger partial charge in [-0.25, -0.2) is 13.6 Å². The van der Waals surface area contributed by atoms with Crippen LogP contribution >= 0.6 is 0 Å². The van der Waals surface area contributed by atoms with Crippen molar-refractivity contribution in [2.45, 2.75) is 88.9 Å². The minimum atomic E-state index is -1.41. The van der Waals surface area contributed by atoms with Crippen LogP contribution in [0.25, 0.3) is 22.2 Å². The first kappa shape index (κ1) is 43.7. The van der Waals surface area contributed by atoms with Gasteiger partial charge in [-0.1, -0.05) is 24.3 Å². The minimum Gasteiger partial charge on any atom is -0.507 e. The molecule has 346 valence electrons. The fourth-order valence-electron chi connectivity index (χ4n) is 10.8. The lowest BCUT2D eigenvalue weighted by Crippen LogP contribution is -2.51. The zero-order valence-corrected chi connectivity index (χ0v) is 37.6. The van der Waals surface area contributed by atoms with Crippen LogP contribution in [0.3, 0.4) is 0 Å². The van der Waals surface area contributed by atoms with Crippen molar-refractivity contribution in [2.75, 3.05) is 74.5 Å². The zero-order chi connectivity index (χ0) is 45.9. The van der Waals surface area contributed by atoms with E-state index >= 15 is 8.78 Å². The van der Waals surface area contributed by atoms with E-state index in [2.05, 4.69) is 36.1 Å². The predicted molar refractivity (Wildman–Crippen MR) is 248 cm³/mol. The number of urea groups is 1. The van der Waals surface area contributed by atoms with Gasteiger partial charge in [0.25, 0.3) is 5.91 Å². The number of nitrogens with two attached hydrogens (primary N) is 1. The van der Waals surface area contributed by atoms with Crippen LogP contribution in [0.4, 0.5) is 30.8 Å². The summed E-state index contributed by atoms with van der Waals surface area (Å²) >= 11 is 0. The molecule has 5 aliphatic rings. The summed E-state index contributed by atoms with van der Waals surface area (Å²) < 4.78 is 41.5. The Morgan fingerprint density at radius 3 is 2.42 bits per heavy atom. The van der Waals surface area contributed by atoms with E-state index in [0.717, 1.165) is 72.8 Å². The number of aryl methyl sites for hydroxylation is 2. The molecule has 4 saturated heterocycles. The summed E-state index contributed by atoms with van der Waals surface area (Å²) in [5.41, 5.74) is 11.9. The lowest BCUT2D eigenvalue weighted by Gasteiger charge is -2.41. The number of amides is 4. The number of benzene rings is 3. The number of morpholine rings is 1. The molecule has 0 unspecified atom stereocenters. The highest BCUT2D eigenvalue weighted by Gasteiger charge is 2.40. The number of piperidine rings is 2. The predicted octanol–water partition coefficient (Wildman–Crippen LogP) is 7.72. The number of para-hydroxylation sites is 1. The number of aromatic nitrogens is 3. The molecule has 5 aromatic rings. The second-order valence-electron chi connectivity index (χ2n) is 19.0. The van der Waals surface area contributed by atoms with Crippen molar-refractivity contribution in [3.63, 3.8) is 0 Å². The SMILES string of the molecule is Cc1cc([C@@H]2CN(c3cc(-c4ccccc4O)nnc3N)CCO2)c(C)cc1C(=O)N1CCC(F)(CN2CCC(c3cn(C4CCC4)c4c(F)c(N5CCC(=O)NC5=O)ccc34)CC2)CC1. The molecule has 16 heteroatoms. The number of imide groups is 1. The van der Waals surface area contributed by atoms with Gasteiger partial charge in [0.1, 0.15) is 17.5 Å². The Morgan fingerprint density at radius 2 is 1.70 bits per heavy atom. The third-order valence-electron chi connectivity index (χ3n) is 14.8. The second-order valence-corrected chi connectivity index (χ2v) is 19.0. The average Bonchev–Trinajstić information content (AvgIpc) is 3.67. The van der Waals surface area contributed by atoms with Gasteiger partial charge in [0.15, 0.2) is 11.6 Å². The third kappa shape index (κ3) is 8.22. The van der Waals surface area contributed by atoms with Crippen molar-refractivity contribution in [1.29, 1.82) is 0 Å². The van der Waals surface area contributed by atoms with Crippen LogP contribution in [0.2, 0.25) is 0 Å². The van der Waals surface area contributed by atoms with Gasteiger partial charge in [-0.15, -0.1) is 10.2 Å². The van der Waals surface area contributed by atoms with E-state index in [1.54, 1.807) is 29.2 Å². The largest absolute Gasteiger partial charge is 0.507 e. The first-order valence-corrected chi connectivity index (χ1v) is 23.4. The van der Waals surface area contributed by atoms with Gasteiger partial charge < -0.3 is 34.8 Å². The highest BCUT2D eigenvalue weighted by Crippen LogP contribution is 2.44. The van der Waals surface area contributed by atoms with Gasteiger partial charge in [0, 0.05) is 87.3 Å². The topological polar surface area (TPSA) is 162 Å². The molecule has 0 spiro atoms. The molecule has 4 amide bonds. The van der Waals surface area contributed by atoms with Crippen LogP contribution in [-0.4, -0.2) is 112 Å². The Bertz CT molecular complexity index is 2710. The van der Waals surface area contributed by atoms with E-state index in [0.29, 0.717) is 67.4 Å². The molecule has 1 aliphatic carbocycles. The normalized spacial score (nSPS) is 21.0. The molecule has 5 fully saturated rings. The number of rotatable bonds is 9. The average molecular weight is 902 g/mol. The van der Waals surface area contributed by atoms with E-state index in [-0.39, 0.29) is 72.9 Å². The van der Waals surface area contributed by atoms with E-state index in [1.807, 2.05) is 44.2 Å². The molecule has 1 atom stereocenters. The number of carbonyl (C=O) groups excluding carboxylic acids is 3. The van der Waals surface area contributed by atoms with Crippen molar-refractivity contribution in [3.8, 4) is 17.0 Å². The summed E-state index contributed by atoms with van der Waals surface area (Å²) in [4.78, 5) is 45.9. The van der Waals surface area contributed by atoms with Crippen LogP contribution in [0, 0.1) is 19.7 Å². The second kappa shape index (κ2) is 17.6. The number of halogens is 2. The number of alkyl halides is 1. The Morgan fingerprint density at radius 1 is 0.924 bits per heavy atom. The van der Waals surface area contributed by atoms with Gasteiger partial charge in [-0.05, 0) is 118 Å². The smallest absolute Gasteiger partial charge is 0.328 e. The number of nitrogen functional groups attached to an aromatic ring is 1. The number of hydrogen-bond acceptors (Lipinski definition) is 10. The molecule has 0 radical (unpaired) electrons. The van der Waals surface area contributed by atoms with Crippen molar-refractivity contribution in [2.24, 2.45) is 0 Å². The Labute approximate surface area is 382 Å². The van der Waals surface area contributed by atoms with Crippen LogP contribution in [-0.2, 0) is 9.53 Å². The molecule has 14 nitrogen and oxygen atoms in total. The molecule has 4 N–H and O–H groups in total. The number of anilines is 3. The number of hydrogen-bond donors (Lipinski definition) is 3. The van der Waals surface area contributed by atoms with Crippen molar-refractivity contribution in [3.05, 3.63) is 94.4 Å². The first-order valence-electron chi connectivity index (χ1n) is 23.4. The number of likely N-dealkylation sites (tertiary alicyclic amines) is 2. The molecule has 6 heterocycles. The summed E-state index contributed by atoms with van der Waals surface area (Å²) in [6, 6.07) is 16.0. The summed E-state index contributed by atoms with van der Waals surface area (Å²) in [7, 11) is 0. The lowest BCUT2D eigenvalue weighted by atomic mass is 9.87. The van der Waals surface area contributed by atoms with Gasteiger partial charge in [-0.2, -0.15) is 0 Å². The molecule has 0 bridgehead atoms. The first-order chi connectivity index (χ1) is 31.8. The highest BCUT2D eigenvalue weighted by atomic mass is 19.1. The van der Waals surface area contributed by atoms with E-state index in [1.165, 1.54) is 4.90 Å². The maximum Gasteiger partial charge on any atom is 0.328 e. The van der Waals surface area contributed by atoms with Gasteiger partial charge in [0.2, 0.25) is 5.91 Å². The highest BCUT2D eigenvalue weighted by molar-refractivity contribution is 6.06. The van der Waals surface area contributed by atoms with Crippen molar-refractivity contribution < 1.29 is 33.0 Å². The fourth-order valence-corrected chi connectivity index (χ4v) is 10.8. The maximum absolute atomic E-state index is 16.6. The number of fused-ring (bicyclic) bond motifs is 1. The number of carbonyl (C=O) groups is 3. The maximum atomic E-state index is 16.6. The number of phenolic OH excluding ortho intramolecular Hbond substituents is 1. The Kier molecular flexibility index (Phi) is 11.7. The number of aromatic hydroxyl groups is 1. The molecule has 10 rings (SSSR count). The van der Waals surface area contributed by atoms with Crippen LogP contribution in [0.5, 0.6) is 5.75 Å². The molecule has 4 aliphatic heterocycles. The molecule has 2 aromatic heterocycles. The van der Waals surface area contributed by atoms with Crippen molar-refractivity contribution in [1.82, 2.24) is 29.9 Å². The molecule has 1 saturated carbocycles. The van der Waals surface area contributed by atoms with Gasteiger partial charge in [-0.3, -0.25) is 19.8 Å². The van der Waals surface area contributed by atoms with Crippen LogP contribution in [0.1, 0.15) is 102 Å². The van der Waals surface area contributed by atoms with E-state index in [9.17, 15) is 19.5 Å². The molecule has 66 heavy (non-hydrogen) atoms. The van der Waals surface area contributed by atoms with E-state index < -0.39 is 17.5 Å². The number of nitrogens with zero attached hydrogens (tertiary/aromatic N) is 7. The van der Waals surface area contributed by atoms with Crippen molar-refractivity contribution >= 4 is 45.9 Å². The summed E-state index contributed by atoms with van der Waals surface area (Å²) in [6.45, 7) is 8.03. The van der Waals surface area contributed by atoms with Crippen LogP contribution in [0.15, 0.2) is 60.8 Å². The number of phenols is 1. The quantitative estimate of drug-likeness (QED) is 0.134. The van der Waals surface area contributed by atoms with E-state index in [4.69, 9.17) is 10.5 Å². The summed E-state index contributed by atoms with van der Waals surface area (Å²) in [6.07, 6.45) is 7.15. The summed E-state index contributed by atoms with van der Waals surface area (Å²) in [5.74, 6) is -0.311.